The van der Waals surface area contributed by atoms with Crippen LogP contribution in [-0.2, 0) is 16.0 Å². The molecule has 0 bridgehead atoms. The molecule has 0 amide bonds. The van der Waals surface area contributed by atoms with E-state index in [1.54, 1.807) is 25.6 Å². The molecular weight excluding hydrogens is 250 g/mol. The molecule has 6 heteroatoms. The lowest BCUT2D eigenvalue weighted by Gasteiger charge is -2.42. The van der Waals surface area contributed by atoms with Gasteiger partial charge in [-0.2, -0.15) is 0 Å². The average Bonchev–Trinajstić information content (AvgIpc) is 2.76. The molecule has 0 aliphatic carbocycles. The van der Waals surface area contributed by atoms with E-state index in [9.17, 15) is 0 Å². The van der Waals surface area contributed by atoms with E-state index < -0.39 is 0 Å². The second-order valence-electron chi connectivity index (χ2n) is 4.58. The van der Waals surface area contributed by atoms with Gasteiger partial charge in [0.05, 0.1) is 16.7 Å². The molecule has 0 radical (unpaired) electrons. The summed E-state index contributed by atoms with van der Waals surface area (Å²) in [5, 5.41) is 0. The topological polar surface area (TPSA) is 60.6 Å². The van der Waals surface area contributed by atoms with Gasteiger partial charge < -0.3 is 15.2 Å². The van der Waals surface area contributed by atoms with Gasteiger partial charge >= 0.3 is 0 Å². The Balaban J connectivity index is 2.84. The minimum atomic E-state index is -0.375. The number of aromatic nitrogens is 1. The molecule has 0 spiro atoms. The van der Waals surface area contributed by atoms with Crippen LogP contribution in [0.5, 0.6) is 0 Å². The van der Waals surface area contributed by atoms with Crippen molar-refractivity contribution in [1.82, 2.24) is 9.88 Å². The van der Waals surface area contributed by atoms with Crippen LogP contribution in [0.3, 0.4) is 0 Å². The zero-order chi connectivity index (χ0) is 13.8. The molecule has 0 aliphatic heterocycles. The Kier molecular flexibility index (Phi) is 5.68. The maximum absolute atomic E-state index is 5.91. The Morgan fingerprint density at radius 3 is 2.50 bits per heavy atom. The van der Waals surface area contributed by atoms with Crippen LogP contribution in [-0.4, -0.2) is 49.5 Å². The number of rotatable bonds is 7. The first kappa shape index (κ1) is 15.5. The molecule has 5 nitrogen and oxygen atoms in total. The highest BCUT2D eigenvalue weighted by Gasteiger charge is 2.37. The minimum Gasteiger partial charge on any atom is -0.354 e. The summed E-state index contributed by atoms with van der Waals surface area (Å²) in [6.07, 6.45) is -0.360. The van der Waals surface area contributed by atoms with Crippen molar-refractivity contribution in [2.75, 3.05) is 27.8 Å². The summed E-state index contributed by atoms with van der Waals surface area (Å²) in [6.45, 7) is 5.30. The molecular formula is C12H23N3O2S. The van der Waals surface area contributed by atoms with Gasteiger partial charge in [-0.15, -0.1) is 11.3 Å². The van der Waals surface area contributed by atoms with Gasteiger partial charge in [0.2, 0.25) is 0 Å². The summed E-state index contributed by atoms with van der Waals surface area (Å²) in [6, 6.07) is 0. The van der Waals surface area contributed by atoms with Crippen LogP contribution >= 0.6 is 11.3 Å². The third-order valence-corrected chi connectivity index (χ3v) is 4.37. The van der Waals surface area contributed by atoms with Crippen molar-refractivity contribution in [2.45, 2.75) is 32.2 Å². The number of nitrogens with zero attached hydrogens (tertiary/aromatic N) is 2. The van der Waals surface area contributed by atoms with E-state index in [-0.39, 0.29) is 11.8 Å². The van der Waals surface area contributed by atoms with Crippen molar-refractivity contribution in [3.63, 3.8) is 0 Å². The first-order chi connectivity index (χ1) is 8.49. The zero-order valence-corrected chi connectivity index (χ0v) is 12.6. The Bertz CT molecular complexity index is 368. The molecule has 1 rings (SSSR count). The predicted molar refractivity (Wildman–Crippen MR) is 73.6 cm³/mol. The normalized spacial score (nSPS) is 15.3. The maximum Gasteiger partial charge on any atom is 0.176 e. The average molecular weight is 273 g/mol. The zero-order valence-electron chi connectivity index (χ0n) is 11.8. The van der Waals surface area contributed by atoms with E-state index in [1.807, 2.05) is 26.4 Å². The van der Waals surface area contributed by atoms with Crippen LogP contribution in [0.4, 0.5) is 0 Å². The Morgan fingerprint density at radius 2 is 2.11 bits per heavy atom. The monoisotopic (exact) mass is 273 g/mol. The summed E-state index contributed by atoms with van der Waals surface area (Å²) in [4.78, 5) is 7.66. The highest BCUT2D eigenvalue weighted by Crippen LogP contribution is 2.24. The number of hydrogen-bond donors (Lipinski definition) is 1. The summed E-state index contributed by atoms with van der Waals surface area (Å²) in [5.74, 6) is 0. The molecule has 104 valence electrons. The SMILES string of the molecule is COC(OC)C(C)(CN)N(C)Cc1scnc1C. The van der Waals surface area contributed by atoms with Crippen molar-refractivity contribution < 1.29 is 9.47 Å². The molecule has 0 saturated heterocycles. The Labute approximate surface area is 113 Å². The Morgan fingerprint density at radius 1 is 1.50 bits per heavy atom. The van der Waals surface area contributed by atoms with Crippen LogP contribution in [0.1, 0.15) is 17.5 Å². The van der Waals surface area contributed by atoms with Gasteiger partial charge in [0.25, 0.3) is 0 Å². The van der Waals surface area contributed by atoms with E-state index in [1.165, 1.54) is 4.88 Å². The van der Waals surface area contributed by atoms with E-state index in [4.69, 9.17) is 15.2 Å². The molecule has 0 saturated carbocycles. The van der Waals surface area contributed by atoms with Crippen molar-refractivity contribution in [3.05, 3.63) is 16.1 Å². The first-order valence-electron chi connectivity index (χ1n) is 5.85. The molecule has 2 N–H and O–H groups in total. The van der Waals surface area contributed by atoms with Gasteiger partial charge in [-0.3, -0.25) is 4.90 Å². The lowest BCUT2D eigenvalue weighted by atomic mass is 9.99. The van der Waals surface area contributed by atoms with Crippen LogP contribution in [0.2, 0.25) is 0 Å². The van der Waals surface area contributed by atoms with Crippen LogP contribution in [0.25, 0.3) is 0 Å². The second kappa shape index (κ2) is 6.58. The number of likely N-dealkylation sites (N-methyl/N-ethyl adjacent to an activating group) is 1. The van der Waals surface area contributed by atoms with Gasteiger partial charge in [0.1, 0.15) is 0 Å². The molecule has 1 unspecified atom stereocenters. The van der Waals surface area contributed by atoms with Crippen molar-refractivity contribution >= 4 is 11.3 Å². The van der Waals surface area contributed by atoms with Gasteiger partial charge in [0.15, 0.2) is 6.29 Å². The molecule has 0 aromatic carbocycles. The van der Waals surface area contributed by atoms with Gasteiger partial charge in [-0.05, 0) is 20.9 Å². The van der Waals surface area contributed by atoms with Gasteiger partial charge in [-0.25, -0.2) is 4.98 Å². The van der Waals surface area contributed by atoms with Crippen molar-refractivity contribution in [1.29, 1.82) is 0 Å². The second-order valence-corrected chi connectivity index (χ2v) is 5.52. The lowest BCUT2D eigenvalue weighted by Crippen LogP contribution is -2.58. The third-order valence-electron chi connectivity index (χ3n) is 3.45. The summed E-state index contributed by atoms with van der Waals surface area (Å²) in [7, 11) is 5.29. The molecule has 1 atom stereocenters. The quantitative estimate of drug-likeness (QED) is 0.757. The molecule has 1 heterocycles. The fourth-order valence-electron chi connectivity index (χ4n) is 1.91. The van der Waals surface area contributed by atoms with Crippen molar-refractivity contribution in [2.24, 2.45) is 5.73 Å². The highest BCUT2D eigenvalue weighted by atomic mass is 32.1. The largest absolute Gasteiger partial charge is 0.354 e. The lowest BCUT2D eigenvalue weighted by molar-refractivity contribution is -0.178. The number of thiazole rings is 1. The summed E-state index contributed by atoms with van der Waals surface area (Å²) < 4.78 is 10.7. The number of methoxy groups -OCH3 is 2. The number of hydrogen-bond acceptors (Lipinski definition) is 6. The van der Waals surface area contributed by atoms with Gasteiger partial charge in [-0.1, -0.05) is 0 Å². The van der Waals surface area contributed by atoms with Crippen molar-refractivity contribution in [3.8, 4) is 0 Å². The third kappa shape index (κ3) is 3.07. The molecule has 18 heavy (non-hydrogen) atoms. The number of aryl methyl sites for hydroxylation is 1. The first-order valence-corrected chi connectivity index (χ1v) is 6.73. The standard InChI is InChI=1S/C12H23N3O2S/c1-9-10(18-8-14-9)6-15(3)12(2,7-13)11(16-4)17-5/h8,11H,6-7,13H2,1-5H3. The van der Waals surface area contributed by atoms with Crippen LogP contribution < -0.4 is 5.73 Å². The molecule has 0 fully saturated rings. The molecule has 1 aromatic heterocycles. The Hall–Kier alpha value is -0.530. The summed E-state index contributed by atoms with van der Waals surface area (Å²) >= 11 is 1.66. The van der Waals surface area contributed by atoms with E-state index in [0.29, 0.717) is 6.54 Å². The van der Waals surface area contributed by atoms with Gasteiger partial charge in [0, 0.05) is 32.2 Å². The minimum absolute atomic E-state index is 0.360. The predicted octanol–water partition coefficient (Wildman–Crippen LogP) is 1.22. The number of ether oxygens (including phenoxy) is 2. The summed E-state index contributed by atoms with van der Waals surface area (Å²) in [5.41, 5.74) is 8.47. The van der Waals surface area contributed by atoms with E-state index >= 15 is 0 Å². The smallest absolute Gasteiger partial charge is 0.176 e. The van der Waals surface area contributed by atoms with Crippen LogP contribution in [0, 0.1) is 6.92 Å². The number of nitrogens with two attached hydrogens (primary N) is 1. The molecule has 1 aromatic rings. The van der Waals surface area contributed by atoms with E-state index in [2.05, 4.69) is 9.88 Å². The highest BCUT2D eigenvalue weighted by molar-refractivity contribution is 7.09. The fourth-order valence-corrected chi connectivity index (χ4v) is 2.74. The maximum atomic E-state index is 5.91. The fraction of sp³-hybridized carbons (Fsp3) is 0.750. The van der Waals surface area contributed by atoms with Crippen LogP contribution in [0.15, 0.2) is 5.51 Å². The van der Waals surface area contributed by atoms with E-state index in [0.717, 1.165) is 12.2 Å². The molecule has 0 aliphatic rings.